The Hall–Kier alpha value is -2.93. The molecular formula is C25H27F2N3O2. The molecule has 1 aromatic heterocycles. The van der Waals surface area contributed by atoms with Crippen molar-refractivity contribution in [1.29, 1.82) is 0 Å². The molecule has 0 bridgehead atoms. The van der Waals surface area contributed by atoms with Crippen molar-refractivity contribution in [2.75, 3.05) is 18.5 Å². The maximum absolute atomic E-state index is 13.9. The van der Waals surface area contributed by atoms with Crippen LogP contribution < -0.4 is 20.5 Å². The van der Waals surface area contributed by atoms with Gasteiger partial charge < -0.3 is 20.5 Å². The lowest BCUT2D eigenvalue weighted by Crippen LogP contribution is -2.22. The first-order chi connectivity index (χ1) is 15.5. The highest BCUT2D eigenvalue weighted by molar-refractivity contribution is 5.81. The summed E-state index contributed by atoms with van der Waals surface area (Å²) < 4.78 is 38.7. The fraction of sp³-hybridized carbons (Fsp3) is 0.400. The Bertz CT molecular complexity index is 1110. The van der Waals surface area contributed by atoms with E-state index >= 15 is 0 Å². The molecule has 2 aromatic rings. The number of nitrogens with zero attached hydrogens (tertiary/aromatic N) is 1. The Morgan fingerprint density at radius 3 is 2.91 bits per heavy atom. The van der Waals surface area contributed by atoms with Crippen LogP contribution in [-0.2, 0) is 6.42 Å². The van der Waals surface area contributed by atoms with Crippen molar-refractivity contribution in [3.63, 3.8) is 0 Å². The minimum atomic E-state index is -1.56. The molecule has 1 aliphatic carbocycles. The van der Waals surface area contributed by atoms with E-state index in [1.54, 1.807) is 12.1 Å². The van der Waals surface area contributed by atoms with Crippen LogP contribution in [0, 0.1) is 5.92 Å². The minimum absolute atomic E-state index is 0.0522. The smallest absolute Gasteiger partial charge is 0.318 e. The van der Waals surface area contributed by atoms with E-state index in [2.05, 4.69) is 18.3 Å². The zero-order valence-corrected chi connectivity index (χ0v) is 18.2. The Morgan fingerprint density at radius 1 is 1.34 bits per heavy atom. The lowest BCUT2D eigenvalue weighted by Gasteiger charge is -2.25. The summed E-state index contributed by atoms with van der Waals surface area (Å²) >= 11 is 0. The average Bonchev–Trinajstić information content (AvgIpc) is 3.36. The van der Waals surface area contributed by atoms with Gasteiger partial charge in [-0.3, -0.25) is 0 Å². The molecule has 3 aliphatic rings. The third-order valence-electron chi connectivity index (χ3n) is 6.64. The predicted octanol–water partition coefficient (Wildman–Crippen LogP) is 5.34. The lowest BCUT2D eigenvalue weighted by atomic mass is 9.83. The lowest BCUT2D eigenvalue weighted by molar-refractivity contribution is 0.112. The first kappa shape index (κ1) is 20.9. The molecule has 0 spiro atoms. The first-order valence-electron chi connectivity index (χ1n) is 11.1. The molecule has 4 atom stereocenters. The standard InChI is InChI=1S/C25H27F2N3O2/c1-3-16-17(8-9-21-22(16)30-25(27)32-21)23-24-18(13(2)12-31-24)10-20(29-23)19(11-28)14-4-6-15(26)7-5-14/h4,6-10,13-14,19,25,30H,3,5,11-12,28H2,1-2H3. The normalized spacial score (nSPS) is 24.2. The van der Waals surface area contributed by atoms with Crippen LogP contribution in [0.1, 0.15) is 48.9 Å². The van der Waals surface area contributed by atoms with Gasteiger partial charge in [-0.15, -0.1) is 0 Å². The number of nitrogens with one attached hydrogen (secondary N) is 1. The van der Waals surface area contributed by atoms with Crippen LogP contribution in [0.4, 0.5) is 14.5 Å². The molecule has 0 saturated carbocycles. The van der Waals surface area contributed by atoms with Gasteiger partial charge in [0, 0.05) is 35.2 Å². The summed E-state index contributed by atoms with van der Waals surface area (Å²) in [7, 11) is 0. The van der Waals surface area contributed by atoms with Crippen LogP contribution in [0.5, 0.6) is 11.5 Å². The Balaban J connectivity index is 1.64. The Labute approximate surface area is 186 Å². The number of fused-ring (bicyclic) bond motifs is 2. The molecule has 7 heteroatoms. The maximum Gasteiger partial charge on any atom is 0.318 e. The van der Waals surface area contributed by atoms with Crippen LogP contribution in [-0.4, -0.2) is 24.6 Å². The number of rotatable bonds is 5. The summed E-state index contributed by atoms with van der Waals surface area (Å²) in [5, 5.41) is 2.78. The highest BCUT2D eigenvalue weighted by atomic mass is 19.1. The Kier molecular flexibility index (Phi) is 5.37. The number of hydrogen-bond donors (Lipinski definition) is 2. The van der Waals surface area contributed by atoms with Gasteiger partial charge >= 0.3 is 6.48 Å². The van der Waals surface area contributed by atoms with E-state index in [1.165, 1.54) is 6.08 Å². The number of benzene rings is 1. The van der Waals surface area contributed by atoms with Crippen molar-refractivity contribution in [2.24, 2.45) is 11.7 Å². The topological polar surface area (TPSA) is 69.4 Å². The second-order valence-electron chi connectivity index (χ2n) is 8.61. The number of hydrogen-bond acceptors (Lipinski definition) is 5. The molecule has 5 nitrogen and oxygen atoms in total. The highest BCUT2D eigenvalue weighted by Crippen LogP contribution is 2.47. The molecule has 0 fully saturated rings. The quantitative estimate of drug-likeness (QED) is 0.616. The van der Waals surface area contributed by atoms with Crippen LogP contribution in [0.25, 0.3) is 11.3 Å². The second kappa shape index (κ2) is 8.20. The number of halogens is 2. The van der Waals surface area contributed by atoms with E-state index in [-0.39, 0.29) is 23.6 Å². The number of aromatic nitrogens is 1. The van der Waals surface area contributed by atoms with Gasteiger partial charge in [-0.25, -0.2) is 9.37 Å². The molecule has 0 saturated heterocycles. The molecule has 1 aromatic carbocycles. The van der Waals surface area contributed by atoms with Crippen LogP contribution >= 0.6 is 0 Å². The summed E-state index contributed by atoms with van der Waals surface area (Å²) in [5.41, 5.74) is 11.4. The van der Waals surface area contributed by atoms with Crippen molar-refractivity contribution in [3.8, 4) is 22.8 Å². The maximum atomic E-state index is 13.9. The third-order valence-corrected chi connectivity index (χ3v) is 6.64. The number of alkyl halides is 1. The molecule has 2 aliphatic heterocycles. The van der Waals surface area contributed by atoms with Gasteiger partial charge in [0.15, 0.2) is 0 Å². The number of nitrogens with two attached hydrogens (primary N) is 1. The van der Waals surface area contributed by atoms with Crippen molar-refractivity contribution < 1.29 is 18.3 Å². The van der Waals surface area contributed by atoms with E-state index in [0.29, 0.717) is 37.4 Å². The van der Waals surface area contributed by atoms with Gasteiger partial charge in [-0.05, 0) is 54.7 Å². The largest absolute Gasteiger partial charge is 0.490 e. The fourth-order valence-electron chi connectivity index (χ4n) is 4.91. The van der Waals surface area contributed by atoms with Gasteiger partial charge in [-0.1, -0.05) is 19.9 Å². The molecule has 32 heavy (non-hydrogen) atoms. The van der Waals surface area contributed by atoms with E-state index in [0.717, 1.165) is 33.8 Å². The van der Waals surface area contributed by atoms with Gasteiger partial charge in [0.1, 0.15) is 23.0 Å². The molecule has 0 radical (unpaired) electrons. The average molecular weight is 440 g/mol. The summed E-state index contributed by atoms with van der Waals surface area (Å²) in [5.74, 6) is 1.30. The summed E-state index contributed by atoms with van der Waals surface area (Å²) in [6.45, 7) is 3.57. The zero-order chi connectivity index (χ0) is 22.4. The molecule has 4 unspecified atom stereocenters. The summed E-state index contributed by atoms with van der Waals surface area (Å²) in [6.07, 6.45) is 6.25. The van der Waals surface area contributed by atoms with Gasteiger partial charge in [0.05, 0.1) is 12.3 Å². The van der Waals surface area contributed by atoms with Crippen molar-refractivity contribution in [3.05, 3.63) is 59.1 Å². The number of anilines is 1. The predicted molar refractivity (Wildman–Crippen MR) is 120 cm³/mol. The minimum Gasteiger partial charge on any atom is -0.490 e. The number of allylic oxidation sites excluding steroid dienone is 4. The highest BCUT2D eigenvalue weighted by Gasteiger charge is 2.32. The fourth-order valence-corrected chi connectivity index (χ4v) is 4.91. The van der Waals surface area contributed by atoms with E-state index in [4.69, 9.17) is 20.2 Å². The van der Waals surface area contributed by atoms with Gasteiger partial charge in [0.25, 0.3) is 0 Å². The van der Waals surface area contributed by atoms with Gasteiger partial charge in [0.2, 0.25) is 0 Å². The number of ether oxygens (including phenoxy) is 2. The van der Waals surface area contributed by atoms with Crippen molar-refractivity contribution in [1.82, 2.24) is 4.98 Å². The van der Waals surface area contributed by atoms with Gasteiger partial charge in [-0.2, -0.15) is 4.39 Å². The van der Waals surface area contributed by atoms with Crippen LogP contribution in [0.2, 0.25) is 0 Å². The summed E-state index contributed by atoms with van der Waals surface area (Å²) in [6, 6.07) is 5.79. The molecule has 3 heterocycles. The molecule has 5 rings (SSSR count). The van der Waals surface area contributed by atoms with Crippen LogP contribution in [0.15, 0.2) is 42.3 Å². The van der Waals surface area contributed by atoms with Crippen LogP contribution in [0.3, 0.4) is 0 Å². The van der Waals surface area contributed by atoms with E-state index in [1.807, 2.05) is 19.1 Å². The zero-order valence-electron chi connectivity index (χ0n) is 18.2. The second-order valence-corrected chi connectivity index (χ2v) is 8.61. The molecular weight excluding hydrogens is 412 g/mol. The van der Waals surface area contributed by atoms with Crippen molar-refractivity contribution >= 4 is 5.69 Å². The monoisotopic (exact) mass is 439 g/mol. The van der Waals surface area contributed by atoms with Crippen molar-refractivity contribution in [2.45, 2.75) is 45.0 Å². The molecule has 0 amide bonds. The first-order valence-corrected chi connectivity index (χ1v) is 11.1. The van der Waals surface area contributed by atoms with E-state index in [9.17, 15) is 8.78 Å². The third kappa shape index (κ3) is 3.45. The Morgan fingerprint density at radius 2 is 2.19 bits per heavy atom. The molecule has 3 N–H and O–H groups in total. The number of pyridine rings is 1. The SMILES string of the molecule is CCc1c(-c2nc(C(CN)C3C=CC(F)=CC3)cc3c2OCC3C)ccc2c1NC(F)O2. The molecule has 168 valence electrons. The van der Waals surface area contributed by atoms with E-state index < -0.39 is 6.48 Å². The summed E-state index contributed by atoms with van der Waals surface area (Å²) in [4.78, 5) is 5.05.